The second kappa shape index (κ2) is 7.31. The molecule has 0 saturated carbocycles. The maximum atomic E-state index is 12.7. The zero-order chi connectivity index (χ0) is 17.8. The third kappa shape index (κ3) is 3.93. The van der Waals surface area contributed by atoms with Crippen molar-refractivity contribution in [1.82, 2.24) is 4.90 Å². The van der Waals surface area contributed by atoms with Gasteiger partial charge in [0.25, 0.3) is 0 Å². The monoisotopic (exact) mass is 355 g/mol. The largest absolute Gasteiger partial charge is 0.480 e. The number of sulfone groups is 1. The summed E-state index contributed by atoms with van der Waals surface area (Å²) in [6.45, 7) is 2.52. The minimum atomic E-state index is -4.09. The van der Waals surface area contributed by atoms with Crippen LogP contribution in [0.3, 0.4) is 0 Å². The normalized spacial score (nSPS) is 18.0. The molecule has 7 nitrogen and oxygen atoms in total. The van der Waals surface area contributed by atoms with Gasteiger partial charge in [-0.1, -0.05) is 30.3 Å². The molecule has 0 unspecified atom stereocenters. The quantitative estimate of drug-likeness (QED) is 0.806. The van der Waals surface area contributed by atoms with Crippen LogP contribution in [0.4, 0.5) is 0 Å². The lowest BCUT2D eigenvalue weighted by atomic mass is 10.1. The number of rotatable bonds is 6. The van der Waals surface area contributed by atoms with Crippen molar-refractivity contribution in [3.8, 4) is 0 Å². The number of carbonyl (C=O) groups is 2. The molecule has 132 valence electrons. The third-order valence-corrected chi connectivity index (χ3v) is 6.60. The molecule has 2 rings (SSSR count). The number of morpholine rings is 1. The summed E-state index contributed by atoms with van der Waals surface area (Å²) in [6.07, 6.45) is -0.586. The van der Waals surface area contributed by atoms with E-state index in [2.05, 4.69) is 0 Å². The first kappa shape index (κ1) is 18.4. The van der Waals surface area contributed by atoms with Crippen molar-refractivity contribution in [3.05, 3.63) is 35.9 Å². The summed E-state index contributed by atoms with van der Waals surface area (Å²) in [5.41, 5.74) is 0.490. The van der Waals surface area contributed by atoms with Crippen molar-refractivity contribution in [2.75, 3.05) is 26.3 Å². The smallest absolute Gasteiger partial charge is 0.325 e. The molecule has 1 amide bonds. The summed E-state index contributed by atoms with van der Waals surface area (Å²) in [4.78, 5) is 25.5. The van der Waals surface area contributed by atoms with Gasteiger partial charge in [-0.2, -0.15) is 0 Å². The van der Waals surface area contributed by atoms with Crippen LogP contribution in [-0.2, 0) is 29.9 Å². The number of benzene rings is 1. The van der Waals surface area contributed by atoms with E-state index in [9.17, 15) is 23.1 Å². The van der Waals surface area contributed by atoms with Gasteiger partial charge in [0.2, 0.25) is 5.91 Å². The first-order chi connectivity index (χ1) is 11.3. The number of carbonyl (C=O) groups excluding carboxylic acids is 1. The van der Waals surface area contributed by atoms with E-state index >= 15 is 0 Å². The highest BCUT2D eigenvalue weighted by Crippen LogP contribution is 2.27. The van der Waals surface area contributed by atoms with Gasteiger partial charge in [0.05, 0.1) is 25.4 Å². The fourth-order valence-electron chi connectivity index (χ4n) is 2.48. The number of ether oxygens (including phenoxy) is 1. The molecular formula is C16H21NO6S. The standard InChI is InChI=1S/C16H21NO6S/c1-16(15(19)20,11-14(18)17-7-9-23-10-8-17)24(21,22)12-13-5-3-2-4-6-13/h2-6H,7-12H2,1H3,(H,19,20)/t16-/m0/s1. The van der Waals surface area contributed by atoms with Crippen molar-refractivity contribution < 1.29 is 27.9 Å². The number of amides is 1. The second-order valence-corrected chi connectivity index (χ2v) is 8.37. The summed E-state index contributed by atoms with van der Waals surface area (Å²) in [5, 5.41) is 9.52. The summed E-state index contributed by atoms with van der Waals surface area (Å²) in [7, 11) is -4.09. The average molecular weight is 355 g/mol. The minimum Gasteiger partial charge on any atom is -0.480 e. The highest BCUT2D eigenvalue weighted by atomic mass is 32.2. The molecule has 0 aliphatic carbocycles. The van der Waals surface area contributed by atoms with Gasteiger partial charge in [-0.25, -0.2) is 8.42 Å². The topological polar surface area (TPSA) is 101 Å². The van der Waals surface area contributed by atoms with E-state index in [0.717, 1.165) is 6.92 Å². The van der Waals surface area contributed by atoms with E-state index in [0.29, 0.717) is 31.9 Å². The van der Waals surface area contributed by atoms with Crippen molar-refractivity contribution in [2.45, 2.75) is 23.8 Å². The van der Waals surface area contributed by atoms with Crippen LogP contribution in [0.25, 0.3) is 0 Å². The molecule has 1 atom stereocenters. The average Bonchev–Trinajstić information content (AvgIpc) is 2.55. The Bertz CT molecular complexity index is 697. The maximum Gasteiger partial charge on any atom is 0.325 e. The molecule has 8 heteroatoms. The van der Waals surface area contributed by atoms with Gasteiger partial charge < -0.3 is 14.7 Å². The van der Waals surface area contributed by atoms with Crippen LogP contribution >= 0.6 is 0 Å². The van der Waals surface area contributed by atoms with Gasteiger partial charge >= 0.3 is 5.97 Å². The maximum absolute atomic E-state index is 12.7. The molecule has 1 N–H and O–H groups in total. The Morgan fingerprint density at radius 3 is 2.33 bits per heavy atom. The number of nitrogens with zero attached hydrogens (tertiary/aromatic N) is 1. The molecule has 0 bridgehead atoms. The van der Waals surface area contributed by atoms with Gasteiger partial charge in [-0.3, -0.25) is 9.59 Å². The highest BCUT2D eigenvalue weighted by Gasteiger charge is 2.48. The zero-order valence-corrected chi connectivity index (χ0v) is 14.3. The molecule has 1 fully saturated rings. The van der Waals surface area contributed by atoms with Crippen molar-refractivity contribution in [2.24, 2.45) is 0 Å². The number of hydrogen-bond acceptors (Lipinski definition) is 5. The van der Waals surface area contributed by atoms with Crippen molar-refractivity contribution in [1.29, 1.82) is 0 Å². The van der Waals surface area contributed by atoms with Gasteiger partial charge in [0, 0.05) is 13.1 Å². The number of carboxylic acids is 1. The molecule has 1 aromatic carbocycles. The molecule has 1 aromatic rings. The first-order valence-corrected chi connectivity index (χ1v) is 9.27. The van der Waals surface area contributed by atoms with Gasteiger partial charge in [-0.05, 0) is 12.5 Å². The van der Waals surface area contributed by atoms with Crippen LogP contribution in [0, 0.1) is 0 Å². The predicted molar refractivity (Wildman–Crippen MR) is 87.1 cm³/mol. The second-order valence-electron chi connectivity index (χ2n) is 5.95. The molecule has 0 radical (unpaired) electrons. The van der Waals surface area contributed by atoms with Crippen LogP contribution in [0.5, 0.6) is 0 Å². The molecule has 0 spiro atoms. The fourth-order valence-corrected chi connectivity index (χ4v) is 4.04. The molecular weight excluding hydrogens is 334 g/mol. The van der Waals surface area contributed by atoms with E-state index in [-0.39, 0.29) is 0 Å². The highest BCUT2D eigenvalue weighted by molar-refractivity contribution is 7.92. The Morgan fingerprint density at radius 2 is 1.79 bits per heavy atom. The van der Waals surface area contributed by atoms with Crippen LogP contribution < -0.4 is 0 Å². The SMILES string of the molecule is C[C@](CC(=O)N1CCOCC1)(C(=O)O)S(=O)(=O)Cc1ccccc1. The predicted octanol–water partition coefficient (Wildman–Crippen LogP) is 0.694. The Kier molecular flexibility index (Phi) is 5.61. The first-order valence-electron chi connectivity index (χ1n) is 7.61. The van der Waals surface area contributed by atoms with E-state index in [1.165, 1.54) is 4.90 Å². The third-order valence-electron chi connectivity index (χ3n) is 4.19. The molecule has 1 saturated heterocycles. The summed E-state index contributed by atoms with van der Waals surface area (Å²) < 4.78 is 28.4. The Morgan fingerprint density at radius 1 is 1.21 bits per heavy atom. The fraction of sp³-hybridized carbons (Fsp3) is 0.500. The lowest BCUT2D eigenvalue weighted by Gasteiger charge is -2.31. The molecule has 1 heterocycles. The number of hydrogen-bond donors (Lipinski definition) is 1. The summed E-state index contributed by atoms with van der Waals surface area (Å²) >= 11 is 0. The lowest BCUT2D eigenvalue weighted by Crippen LogP contribution is -2.50. The molecule has 0 aromatic heterocycles. The van der Waals surface area contributed by atoms with Crippen molar-refractivity contribution >= 4 is 21.7 Å². The van der Waals surface area contributed by atoms with Crippen molar-refractivity contribution in [3.63, 3.8) is 0 Å². The van der Waals surface area contributed by atoms with E-state index in [1.54, 1.807) is 30.3 Å². The van der Waals surface area contributed by atoms with E-state index in [4.69, 9.17) is 4.74 Å². The Labute approximate surface area is 141 Å². The summed E-state index contributed by atoms with van der Waals surface area (Å²) in [5.74, 6) is -2.42. The van der Waals surface area contributed by atoms with Gasteiger partial charge in [0.1, 0.15) is 0 Å². The van der Waals surface area contributed by atoms with Gasteiger partial charge in [0.15, 0.2) is 14.6 Å². The lowest BCUT2D eigenvalue weighted by molar-refractivity contribution is -0.145. The van der Waals surface area contributed by atoms with Crippen LogP contribution in [0.1, 0.15) is 18.9 Å². The van der Waals surface area contributed by atoms with E-state index < -0.39 is 38.6 Å². The van der Waals surface area contributed by atoms with E-state index in [1.807, 2.05) is 0 Å². The number of aliphatic carboxylic acids is 1. The van der Waals surface area contributed by atoms with Crippen LogP contribution in [-0.4, -0.2) is 61.4 Å². The van der Waals surface area contributed by atoms with Gasteiger partial charge in [-0.15, -0.1) is 0 Å². The molecule has 24 heavy (non-hydrogen) atoms. The number of carboxylic acid groups (broad SMARTS) is 1. The zero-order valence-electron chi connectivity index (χ0n) is 13.5. The minimum absolute atomic E-state index is 0.341. The van der Waals surface area contributed by atoms with Crippen LogP contribution in [0.15, 0.2) is 30.3 Å². The van der Waals surface area contributed by atoms with Crippen LogP contribution in [0.2, 0.25) is 0 Å². The Hall–Kier alpha value is -1.93. The molecule has 1 aliphatic heterocycles. The molecule has 1 aliphatic rings. The Balaban J connectivity index is 2.22. The summed E-state index contributed by atoms with van der Waals surface area (Å²) in [6, 6.07) is 8.34.